The lowest BCUT2D eigenvalue weighted by atomic mass is 10.1. The minimum absolute atomic E-state index is 0.0948. The van der Waals surface area contributed by atoms with Gasteiger partial charge in [0, 0.05) is 13.1 Å². The lowest BCUT2D eigenvalue weighted by Crippen LogP contribution is -2.40. The molecule has 2 rings (SSSR count). The van der Waals surface area contributed by atoms with Gasteiger partial charge in [0.15, 0.2) is 0 Å². The summed E-state index contributed by atoms with van der Waals surface area (Å²) in [6, 6.07) is 8.54. The van der Waals surface area contributed by atoms with Crippen molar-refractivity contribution in [3.8, 4) is 0 Å². The maximum atomic E-state index is 7.56. The highest BCUT2D eigenvalue weighted by Gasteiger charge is 2.25. The smallest absolute Gasteiger partial charge is 0.108 e. The van der Waals surface area contributed by atoms with Crippen molar-refractivity contribution in [1.29, 1.82) is 5.41 Å². The zero-order valence-electron chi connectivity index (χ0n) is 9.03. The molecule has 0 spiro atoms. The van der Waals surface area contributed by atoms with Crippen LogP contribution in [0.25, 0.3) is 0 Å². The zero-order chi connectivity index (χ0) is 10.8. The molecule has 1 atom stereocenters. The molecule has 3 nitrogen and oxygen atoms in total. The predicted octanol–water partition coefficient (Wildman–Crippen LogP) is 1.72. The summed E-state index contributed by atoms with van der Waals surface area (Å²) in [5, 5.41) is 7.56. The van der Waals surface area contributed by atoms with Crippen molar-refractivity contribution in [3.63, 3.8) is 0 Å². The molecule has 80 valence electrons. The third-order valence-corrected chi connectivity index (χ3v) is 3.05. The van der Waals surface area contributed by atoms with Crippen LogP contribution in [0.2, 0.25) is 0 Å². The highest BCUT2D eigenvalue weighted by molar-refractivity contribution is 5.82. The summed E-state index contributed by atoms with van der Waals surface area (Å²) in [6.45, 7) is 3.93. The van der Waals surface area contributed by atoms with Gasteiger partial charge in [-0.05, 0) is 17.5 Å². The molecule has 1 heterocycles. The molecule has 1 unspecified atom stereocenters. The zero-order valence-corrected chi connectivity index (χ0v) is 9.03. The van der Waals surface area contributed by atoms with E-state index in [9.17, 15) is 0 Å². The Balaban J connectivity index is 2.15. The summed E-state index contributed by atoms with van der Waals surface area (Å²) in [6.07, 6.45) is 0.906. The lowest BCUT2D eigenvalue weighted by Gasteiger charge is -2.24. The van der Waals surface area contributed by atoms with Gasteiger partial charge in [0.2, 0.25) is 0 Å². The highest BCUT2D eigenvalue weighted by Crippen LogP contribution is 2.24. The number of nitrogens with zero attached hydrogens (tertiary/aromatic N) is 1. The minimum Gasteiger partial charge on any atom is -0.386 e. The predicted molar refractivity (Wildman–Crippen MR) is 61.7 cm³/mol. The second kappa shape index (κ2) is 4.03. The van der Waals surface area contributed by atoms with E-state index in [1.54, 1.807) is 0 Å². The first-order valence-electron chi connectivity index (χ1n) is 5.37. The van der Waals surface area contributed by atoms with Gasteiger partial charge in [-0.15, -0.1) is 0 Å². The van der Waals surface area contributed by atoms with Gasteiger partial charge in [0.05, 0.1) is 6.04 Å². The molecular formula is C12H17N3. The van der Waals surface area contributed by atoms with Gasteiger partial charge in [-0.25, -0.2) is 0 Å². The monoisotopic (exact) mass is 203 g/mol. The van der Waals surface area contributed by atoms with Gasteiger partial charge in [-0.3, -0.25) is 10.3 Å². The van der Waals surface area contributed by atoms with Crippen molar-refractivity contribution in [2.45, 2.75) is 32.5 Å². The third-order valence-electron chi connectivity index (χ3n) is 3.05. The average Bonchev–Trinajstić information content (AvgIpc) is 2.61. The van der Waals surface area contributed by atoms with Crippen LogP contribution in [0.15, 0.2) is 24.3 Å². The Morgan fingerprint density at radius 2 is 1.93 bits per heavy atom. The Hall–Kier alpha value is -1.35. The van der Waals surface area contributed by atoms with Crippen LogP contribution in [0.3, 0.4) is 0 Å². The van der Waals surface area contributed by atoms with Crippen LogP contribution in [0.5, 0.6) is 0 Å². The fraction of sp³-hybridized carbons (Fsp3) is 0.417. The molecule has 0 saturated carbocycles. The van der Waals surface area contributed by atoms with Crippen molar-refractivity contribution >= 4 is 5.84 Å². The molecule has 0 amide bonds. The van der Waals surface area contributed by atoms with E-state index in [1.807, 2.05) is 0 Å². The number of fused-ring (bicyclic) bond motifs is 1. The SMILES string of the molecule is CCC(C(=N)N)N1Cc2ccccc2C1. The normalized spacial score (nSPS) is 17.4. The van der Waals surface area contributed by atoms with E-state index in [-0.39, 0.29) is 11.9 Å². The van der Waals surface area contributed by atoms with Crippen LogP contribution in [0, 0.1) is 5.41 Å². The van der Waals surface area contributed by atoms with Crippen molar-refractivity contribution in [2.24, 2.45) is 5.73 Å². The first-order valence-corrected chi connectivity index (χ1v) is 5.37. The van der Waals surface area contributed by atoms with E-state index in [4.69, 9.17) is 11.1 Å². The summed E-state index contributed by atoms with van der Waals surface area (Å²) in [7, 11) is 0. The number of amidine groups is 1. The Morgan fingerprint density at radius 1 is 1.40 bits per heavy atom. The molecule has 0 radical (unpaired) electrons. The van der Waals surface area contributed by atoms with E-state index >= 15 is 0 Å². The van der Waals surface area contributed by atoms with E-state index < -0.39 is 0 Å². The molecular weight excluding hydrogens is 186 g/mol. The van der Waals surface area contributed by atoms with Gasteiger partial charge >= 0.3 is 0 Å². The Kier molecular flexibility index (Phi) is 2.73. The fourth-order valence-electron chi connectivity index (χ4n) is 2.25. The van der Waals surface area contributed by atoms with Crippen molar-refractivity contribution in [2.75, 3.05) is 0 Å². The van der Waals surface area contributed by atoms with Crippen molar-refractivity contribution < 1.29 is 0 Å². The van der Waals surface area contributed by atoms with E-state index in [0.717, 1.165) is 19.5 Å². The number of benzene rings is 1. The van der Waals surface area contributed by atoms with Gasteiger partial charge in [0.1, 0.15) is 5.84 Å². The van der Waals surface area contributed by atoms with Crippen LogP contribution in [0.4, 0.5) is 0 Å². The molecule has 1 aliphatic rings. The third kappa shape index (κ3) is 1.88. The molecule has 0 aliphatic carbocycles. The second-order valence-electron chi connectivity index (χ2n) is 4.05. The van der Waals surface area contributed by atoms with Gasteiger partial charge in [-0.2, -0.15) is 0 Å². The molecule has 1 aromatic rings. The maximum Gasteiger partial charge on any atom is 0.108 e. The molecule has 0 saturated heterocycles. The molecule has 3 heteroatoms. The van der Waals surface area contributed by atoms with Gasteiger partial charge < -0.3 is 5.73 Å². The van der Waals surface area contributed by atoms with Crippen LogP contribution >= 0.6 is 0 Å². The summed E-state index contributed by atoms with van der Waals surface area (Å²) < 4.78 is 0. The number of nitrogens with two attached hydrogens (primary N) is 1. The number of rotatable bonds is 3. The summed E-state index contributed by atoms with van der Waals surface area (Å²) in [4.78, 5) is 2.27. The van der Waals surface area contributed by atoms with Crippen LogP contribution in [0.1, 0.15) is 24.5 Å². The first-order chi connectivity index (χ1) is 7.22. The quantitative estimate of drug-likeness (QED) is 0.580. The molecule has 0 fully saturated rings. The average molecular weight is 203 g/mol. The summed E-state index contributed by atoms with van der Waals surface area (Å²) in [5.41, 5.74) is 8.35. The Labute approximate surface area is 90.4 Å². The second-order valence-corrected chi connectivity index (χ2v) is 4.05. The number of nitrogens with one attached hydrogen (secondary N) is 1. The molecule has 0 bridgehead atoms. The summed E-state index contributed by atoms with van der Waals surface area (Å²) in [5.74, 6) is 0.283. The maximum absolute atomic E-state index is 7.56. The first kappa shape index (κ1) is 10.2. The van der Waals surface area contributed by atoms with E-state index in [1.165, 1.54) is 11.1 Å². The van der Waals surface area contributed by atoms with Crippen molar-refractivity contribution in [3.05, 3.63) is 35.4 Å². The molecule has 15 heavy (non-hydrogen) atoms. The van der Waals surface area contributed by atoms with Gasteiger partial charge in [-0.1, -0.05) is 31.2 Å². The van der Waals surface area contributed by atoms with Crippen LogP contribution in [-0.4, -0.2) is 16.8 Å². The standard InChI is InChI=1S/C12H17N3/c1-2-11(12(13)14)15-7-9-5-3-4-6-10(9)8-15/h3-6,11H,2,7-8H2,1H3,(H3,13,14). The molecule has 3 N–H and O–H groups in total. The van der Waals surface area contributed by atoms with Crippen LogP contribution < -0.4 is 5.73 Å². The molecule has 1 aliphatic heterocycles. The van der Waals surface area contributed by atoms with E-state index in [0.29, 0.717) is 0 Å². The van der Waals surface area contributed by atoms with Crippen molar-refractivity contribution in [1.82, 2.24) is 4.90 Å². The minimum atomic E-state index is 0.0948. The Bertz CT molecular complexity index is 348. The molecule has 0 aromatic heterocycles. The van der Waals surface area contributed by atoms with Gasteiger partial charge in [0.25, 0.3) is 0 Å². The molecule has 1 aromatic carbocycles. The summed E-state index contributed by atoms with van der Waals surface area (Å²) >= 11 is 0. The van der Waals surface area contributed by atoms with Crippen LogP contribution in [-0.2, 0) is 13.1 Å². The topological polar surface area (TPSA) is 53.1 Å². The number of hydrogen-bond donors (Lipinski definition) is 2. The number of hydrogen-bond acceptors (Lipinski definition) is 2. The largest absolute Gasteiger partial charge is 0.386 e. The van der Waals surface area contributed by atoms with E-state index in [2.05, 4.69) is 36.1 Å². The lowest BCUT2D eigenvalue weighted by molar-refractivity contribution is 0.242. The Morgan fingerprint density at radius 3 is 2.33 bits per heavy atom. The fourth-order valence-corrected chi connectivity index (χ4v) is 2.25. The highest BCUT2D eigenvalue weighted by atomic mass is 15.2.